The molecule has 0 bridgehead atoms. The Balaban J connectivity index is 2.12. The number of hydrogen-bond acceptors (Lipinski definition) is 3. The lowest BCUT2D eigenvalue weighted by molar-refractivity contribution is 0.296. The van der Waals surface area contributed by atoms with Crippen LogP contribution >= 0.6 is 11.8 Å². The summed E-state index contributed by atoms with van der Waals surface area (Å²) in [6.45, 7) is 6.80. The minimum absolute atomic E-state index is 0.309. The summed E-state index contributed by atoms with van der Waals surface area (Å²) in [6.07, 6.45) is 2.07. The minimum atomic E-state index is 0.309. The van der Waals surface area contributed by atoms with Gasteiger partial charge in [-0.15, -0.1) is 0 Å². The lowest BCUT2D eigenvalue weighted by atomic mass is 10.0. The second-order valence-electron chi connectivity index (χ2n) is 5.28. The Labute approximate surface area is 122 Å². The summed E-state index contributed by atoms with van der Waals surface area (Å²) < 4.78 is 0. The highest BCUT2D eigenvalue weighted by molar-refractivity contribution is 7.99. The van der Waals surface area contributed by atoms with Gasteiger partial charge in [-0.2, -0.15) is 11.8 Å². The minimum Gasteiger partial charge on any atom is -0.396 e. The maximum absolute atomic E-state index is 8.67. The zero-order chi connectivity index (χ0) is 13.9. The van der Waals surface area contributed by atoms with E-state index in [1.807, 2.05) is 11.8 Å². The molecule has 0 radical (unpaired) electrons. The first-order valence-corrected chi connectivity index (χ1v) is 8.35. The number of rotatable bonds is 10. The average Bonchev–Trinajstić information content (AvgIpc) is 2.39. The maximum atomic E-state index is 8.67. The summed E-state index contributed by atoms with van der Waals surface area (Å²) in [5, 5.41) is 12.1. The largest absolute Gasteiger partial charge is 0.396 e. The number of hydrogen-bond donors (Lipinski definition) is 2. The van der Waals surface area contributed by atoms with E-state index in [4.69, 9.17) is 5.11 Å². The highest BCUT2D eigenvalue weighted by Gasteiger charge is 1.98. The maximum Gasteiger partial charge on any atom is 0.0438 e. The van der Waals surface area contributed by atoms with Gasteiger partial charge in [0.2, 0.25) is 0 Å². The highest BCUT2D eigenvalue weighted by Crippen LogP contribution is 2.09. The molecule has 0 spiro atoms. The van der Waals surface area contributed by atoms with Crippen LogP contribution in [0.5, 0.6) is 0 Å². The molecule has 2 N–H and O–H groups in total. The van der Waals surface area contributed by atoms with Gasteiger partial charge in [-0.05, 0) is 35.6 Å². The lowest BCUT2D eigenvalue weighted by Gasteiger charge is -2.07. The highest BCUT2D eigenvalue weighted by atomic mass is 32.2. The zero-order valence-corrected chi connectivity index (χ0v) is 13.0. The summed E-state index contributed by atoms with van der Waals surface area (Å²) in [5.74, 6) is 2.90. The molecule has 1 aromatic carbocycles. The summed E-state index contributed by atoms with van der Waals surface area (Å²) >= 11 is 1.90. The van der Waals surface area contributed by atoms with Gasteiger partial charge in [0.15, 0.2) is 0 Å². The molecular formula is C16H27NOS. The Hall–Kier alpha value is -0.510. The summed E-state index contributed by atoms with van der Waals surface area (Å²) in [6, 6.07) is 8.94. The van der Waals surface area contributed by atoms with Crippen molar-refractivity contribution in [3.8, 4) is 0 Å². The monoisotopic (exact) mass is 281 g/mol. The topological polar surface area (TPSA) is 32.3 Å². The molecule has 0 aliphatic heterocycles. The molecule has 0 aromatic heterocycles. The SMILES string of the molecule is CC(C)Cc1ccc(CNCCSCCCO)cc1. The molecule has 0 fully saturated rings. The Morgan fingerprint density at radius 1 is 1.11 bits per heavy atom. The van der Waals surface area contributed by atoms with E-state index in [-0.39, 0.29) is 0 Å². The van der Waals surface area contributed by atoms with Crippen LogP contribution in [-0.2, 0) is 13.0 Å². The predicted octanol–water partition coefficient (Wildman–Crippen LogP) is 3.09. The first kappa shape index (κ1) is 16.5. The molecule has 1 rings (SSSR count). The summed E-state index contributed by atoms with van der Waals surface area (Å²) in [4.78, 5) is 0. The zero-order valence-electron chi connectivity index (χ0n) is 12.2. The third kappa shape index (κ3) is 8.30. The number of aliphatic hydroxyl groups excluding tert-OH is 1. The molecule has 19 heavy (non-hydrogen) atoms. The molecular weight excluding hydrogens is 254 g/mol. The molecule has 0 aliphatic carbocycles. The van der Waals surface area contributed by atoms with Gasteiger partial charge in [0.1, 0.15) is 0 Å². The Bertz CT molecular complexity index is 324. The van der Waals surface area contributed by atoms with Gasteiger partial charge in [0.05, 0.1) is 0 Å². The molecule has 0 atom stereocenters. The van der Waals surface area contributed by atoms with E-state index in [1.54, 1.807) is 0 Å². The molecule has 0 unspecified atom stereocenters. The second kappa shape index (κ2) is 10.3. The van der Waals surface area contributed by atoms with E-state index < -0.39 is 0 Å². The van der Waals surface area contributed by atoms with Crippen molar-refractivity contribution in [3.05, 3.63) is 35.4 Å². The number of thioether (sulfide) groups is 1. The third-order valence-corrected chi connectivity index (χ3v) is 3.94. The van der Waals surface area contributed by atoms with Crippen molar-refractivity contribution in [2.45, 2.75) is 33.2 Å². The molecule has 108 valence electrons. The number of nitrogens with one attached hydrogen (secondary N) is 1. The number of benzene rings is 1. The van der Waals surface area contributed by atoms with Crippen molar-refractivity contribution >= 4 is 11.8 Å². The molecule has 3 heteroatoms. The third-order valence-electron chi connectivity index (χ3n) is 2.87. The van der Waals surface area contributed by atoms with Crippen LogP contribution in [0.15, 0.2) is 24.3 Å². The Morgan fingerprint density at radius 2 is 1.79 bits per heavy atom. The molecule has 0 saturated heterocycles. The van der Waals surface area contributed by atoms with Crippen LogP contribution < -0.4 is 5.32 Å². The summed E-state index contributed by atoms with van der Waals surface area (Å²) in [7, 11) is 0. The van der Waals surface area contributed by atoms with Crippen LogP contribution in [0.25, 0.3) is 0 Å². The van der Waals surface area contributed by atoms with Crippen LogP contribution in [0.4, 0.5) is 0 Å². The molecule has 1 aromatic rings. The van der Waals surface area contributed by atoms with E-state index in [2.05, 4.69) is 43.4 Å². The van der Waals surface area contributed by atoms with Crippen LogP contribution in [0.1, 0.15) is 31.4 Å². The van der Waals surface area contributed by atoms with Gasteiger partial charge in [0, 0.05) is 25.4 Å². The first-order valence-electron chi connectivity index (χ1n) is 7.19. The van der Waals surface area contributed by atoms with Crippen molar-refractivity contribution in [2.75, 3.05) is 24.7 Å². The normalized spacial score (nSPS) is 11.2. The fraction of sp³-hybridized carbons (Fsp3) is 0.625. The van der Waals surface area contributed by atoms with E-state index in [1.165, 1.54) is 11.1 Å². The van der Waals surface area contributed by atoms with Gasteiger partial charge < -0.3 is 10.4 Å². The van der Waals surface area contributed by atoms with Crippen LogP contribution in [0, 0.1) is 5.92 Å². The van der Waals surface area contributed by atoms with Crippen LogP contribution in [-0.4, -0.2) is 29.8 Å². The van der Waals surface area contributed by atoms with Crippen LogP contribution in [0.3, 0.4) is 0 Å². The van der Waals surface area contributed by atoms with Crippen molar-refractivity contribution in [1.29, 1.82) is 0 Å². The fourth-order valence-corrected chi connectivity index (χ4v) is 2.74. The molecule has 0 amide bonds. The van der Waals surface area contributed by atoms with Gasteiger partial charge in [0.25, 0.3) is 0 Å². The first-order chi connectivity index (χ1) is 9.22. The average molecular weight is 281 g/mol. The second-order valence-corrected chi connectivity index (χ2v) is 6.51. The van der Waals surface area contributed by atoms with E-state index >= 15 is 0 Å². The molecule has 0 saturated carbocycles. The van der Waals surface area contributed by atoms with Gasteiger partial charge in [-0.3, -0.25) is 0 Å². The van der Waals surface area contributed by atoms with Gasteiger partial charge in [-0.25, -0.2) is 0 Å². The van der Waals surface area contributed by atoms with Crippen LogP contribution in [0.2, 0.25) is 0 Å². The van der Waals surface area contributed by atoms with E-state index in [0.717, 1.165) is 43.4 Å². The van der Waals surface area contributed by atoms with Crippen molar-refractivity contribution in [3.63, 3.8) is 0 Å². The molecule has 0 heterocycles. The Morgan fingerprint density at radius 3 is 2.42 bits per heavy atom. The van der Waals surface area contributed by atoms with Gasteiger partial charge >= 0.3 is 0 Å². The van der Waals surface area contributed by atoms with Crippen molar-refractivity contribution < 1.29 is 5.11 Å². The predicted molar refractivity (Wildman–Crippen MR) is 85.7 cm³/mol. The number of aliphatic hydroxyl groups is 1. The fourth-order valence-electron chi connectivity index (χ4n) is 1.91. The smallest absolute Gasteiger partial charge is 0.0438 e. The Kier molecular flexibility index (Phi) is 8.97. The standard InChI is InChI=1S/C16H27NOS/c1-14(2)12-15-4-6-16(7-5-15)13-17-8-11-19-10-3-9-18/h4-7,14,17-18H,3,8-13H2,1-2H3. The molecule has 0 aliphatic rings. The van der Waals surface area contributed by atoms with E-state index in [0.29, 0.717) is 6.61 Å². The lowest BCUT2D eigenvalue weighted by Crippen LogP contribution is -2.16. The van der Waals surface area contributed by atoms with Crippen molar-refractivity contribution in [2.24, 2.45) is 5.92 Å². The van der Waals surface area contributed by atoms with E-state index in [9.17, 15) is 0 Å². The van der Waals surface area contributed by atoms with Crippen molar-refractivity contribution in [1.82, 2.24) is 5.32 Å². The quantitative estimate of drug-likeness (QED) is 0.646. The van der Waals surface area contributed by atoms with Gasteiger partial charge in [-0.1, -0.05) is 38.1 Å². The molecule has 2 nitrogen and oxygen atoms in total. The summed E-state index contributed by atoms with van der Waals surface area (Å²) in [5.41, 5.74) is 2.78.